The number of benzene rings is 2. The van der Waals surface area contributed by atoms with Crippen LogP contribution in [0.3, 0.4) is 0 Å². The van der Waals surface area contributed by atoms with Crippen LogP contribution in [-0.2, 0) is 0 Å². The average Bonchev–Trinajstić information content (AvgIpc) is 3.45. The number of hydrogen-bond acceptors (Lipinski definition) is 6. The molecule has 2 aromatic rings. The van der Waals surface area contributed by atoms with Gasteiger partial charge in [0.05, 0.1) is 5.71 Å². The van der Waals surface area contributed by atoms with E-state index in [0.29, 0.717) is 0 Å². The molecular formula is C37H52N6. The number of nitrogens with zero attached hydrogens (tertiary/aromatic N) is 5. The van der Waals surface area contributed by atoms with Gasteiger partial charge in [0.2, 0.25) is 0 Å². The zero-order valence-corrected chi connectivity index (χ0v) is 27.0. The maximum Gasteiger partial charge on any atom is 0.137 e. The molecule has 0 saturated carbocycles. The summed E-state index contributed by atoms with van der Waals surface area (Å²) in [6, 6.07) is 13.3. The maximum absolute atomic E-state index is 5.76. The van der Waals surface area contributed by atoms with Crippen LogP contribution in [0.2, 0.25) is 0 Å². The number of hydrogen-bond donors (Lipinski definition) is 1. The first kappa shape index (κ1) is 33.6. The maximum atomic E-state index is 5.76. The molecule has 6 heteroatoms. The second-order valence-corrected chi connectivity index (χ2v) is 11.2. The lowest BCUT2D eigenvalue weighted by atomic mass is 10.0. The minimum atomic E-state index is 0.271. The second-order valence-electron chi connectivity index (χ2n) is 11.2. The Bertz CT molecular complexity index is 1390. The second kappa shape index (κ2) is 17.3. The monoisotopic (exact) mass is 580 g/mol. The molecule has 3 rings (SSSR count). The molecule has 1 aliphatic heterocycles. The van der Waals surface area contributed by atoms with Gasteiger partial charge < -0.3 is 15.5 Å². The van der Waals surface area contributed by atoms with E-state index in [1.807, 2.05) is 13.0 Å². The summed E-state index contributed by atoms with van der Waals surface area (Å²) in [5.41, 5.74) is 12.1. The SMILES string of the molecule is C=NC1=C(C(=NCCCCCC)/C(C=NC(=C)N)=C/C)CCN1c1ccc2cc(C(=C)N(CCC)CCCC)ccc2c1. The number of rotatable bonds is 18. The summed E-state index contributed by atoms with van der Waals surface area (Å²) < 4.78 is 0. The van der Waals surface area contributed by atoms with Gasteiger partial charge in [0, 0.05) is 54.9 Å². The van der Waals surface area contributed by atoms with E-state index in [1.165, 1.54) is 48.4 Å². The number of aliphatic imine (C=N–C) groups is 3. The van der Waals surface area contributed by atoms with Crippen LogP contribution < -0.4 is 10.6 Å². The fraction of sp³-hybridized carbons (Fsp3) is 0.432. The standard InChI is InChI=1S/C37H52N6/c1-8-12-14-15-21-40-36(30(11-4)27-41-29(6)38)35-20-24-43(37(35)39-7)34-19-18-32-25-31(16-17-33(32)26-34)28(5)42(22-10-3)23-13-9-2/h11,16-19,25-27H,5-10,12-15,20-24,38H2,1-4H3/b30-11+,40-36?,41-27?. The number of unbranched alkanes of at least 4 members (excludes halogenated alkanes) is 4. The molecule has 0 amide bonds. The van der Waals surface area contributed by atoms with Crippen molar-refractivity contribution in [3.05, 3.63) is 84.0 Å². The highest BCUT2D eigenvalue weighted by atomic mass is 15.2. The van der Waals surface area contributed by atoms with Gasteiger partial charge >= 0.3 is 0 Å². The fourth-order valence-corrected chi connectivity index (χ4v) is 5.54. The lowest BCUT2D eigenvalue weighted by molar-refractivity contribution is 0.388. The lowest BCUT2D eigenvalue weighted by Gasteiger charge is -2.27. The molecule has 2 aromatic carbocycles. The van der Waals surface area contributed by atoms with E-state index in [1.54, 1.807) is 6.21 Å². The largest absolute Gasteiger partial charge is 0.384 e. The summed E-state index contributed by atoms with van der Waals surface area (Å²) >= 11 is 0. The van der Waals surface area contributed by atoms with Crippen molar-refractivity contribution in [2.24, 2.45) is 20.7 Å². The van der Waals surface area contributed by atoms with Gasteiger partial charge in [-0.05, 0) is 73.9 Å². The molecule has 0 aromatic heterocycles. The van der Waals surface area contributed by atoms with Crippen molar-refractivity contribution in [2.75, 3.05) is 31.1 Å². The molecule has 1 heterocycles. The predicted molar refractivity (Wildman–Crippen MR) is 190 cm³/mol. The topological polar surface area (TPSA) is 69.6 Å². The van der Waals surface area contributed by atoms with Crippen LogP contribution >= 0.6 is 0 Å². The summed E-state index contributed by atoms with van der Waals surface area (Å²) in [6.07, 6.45) is 12.7. The zero-order chi connectivity index (χ0) is 31.2. The molecule has 0 atom stereocenters. The van der Waals surface area contributed by atoms with Crippen molar-refractivity contribution in [2.45, 2.75) is 79.1 Å². The molecule has 0 spiro atoms. The van der Waals surface area contributed by atoms with Gasteiger partial charge in [0.25, 0.3) is 0 Å². The number of fused-ring (bicyclic) bond motifs is 1. The fourth-order valence-electron chi connectivity index (χ4n) is 5.54. The van der Waals surface area contributed by atoms with E-state index in [0.717, 1.165) is 79.5 Å². The Labute approximate surface area is 260 Å². The first-order valence-corrected chi connectivity index (χ1v) is 16.0. The van der Waals surface area contributed by atoms with E-state index in [-0.39, 0.29) is 5.82 Å². The molecule has 6 nitrogen and oxygen atoms in total. The van der Waals surface area contributed by atoms with Gasteiger partial charge in [-0.15, -0.1) is 0 Å². The molecule has 0 bridgehead atoms. The van der Waals surface area contributed by atoms with Crippen LogP contribution in [0.25, 0.3) is 16.5 Å². The highest BCUT2D eigenvalue weighted by Gasteiger charge is 2.27. The van der Waals surface area contributed by atoms with Gasteiger partial charge in [-0.2, -0.15) is 0 Å². The van der Waals surface area contributed by atoms with E-state index in [4.69, 9.17) is 10.7 Å². The molecule has 0 aliphatic carbocycles. The first-order valence-electron chi connectivity index (χ1n) is 16.0. The Balaban J connectivity index is 1.95. The molecule has 43 heavy (non-hydrogen) atoms. The number of nitrogens with two attached hydrogens (primary N) is 1. The van der Waals surface area contributed by atoms with Gasteiger partial charge in [0.15, 0.2) is 0 Å². The van der Waals surface area contributed by atoms with Crippen molar-refractivity contribution in [3.8, 4) is 0 Å². The van der Waals surface area contributed by atoms with Crippen molar-refractivity contribution in [1.82, 2.24) is 4.90 Å². The zero-order valence-electron chi connectivity index (χ0n) is 27.0. The third kappa shape index (κ3) is 9.03. The van der Waals surface area contributed by atoms with E-state index >= 15 is 0 Å². The summed E-state index contributed by atoms with van der Waals surface area (Å²) in [4.78, 5) is 18.6. The van der Waals surface area contributed by atoms with Crippen LogP contribution in [0, 0.1) is 0 Å². The van der Waals surface area contributed by atoms with Crippen LogP contribution in [0.1, 0.15) is 84.6 Å². The highest BCUT2D eigenvalue weighted by molar-refractivity contribution is 6.24. The Morgan fingerprint density at radius 3 is 2.37 bits per heavy atom. The highest BCUT2D eigenvalue weighted by Crippen LogP contribution is 2.34. The van der Waals surface area contributed by atoms with Crippen molar-refractivity contribution >= 4 is 40.8 Å². The van der Waals surface area contributed by atoms with E-state index < -0.39 is 0 Å². The van der Waals surface area contributed by atoms with Crippen LogP contribution in [0.15, 0.2) is 93.4 Å². The van der Waals surface area contributed by atoms with Crippen molar-refractivity contribution in [3.63, 3.8) is 0 Å². The van der Waals surface area contributed by atoms with Gasteiger partial charge in [-0.1, -0.05) is 83.9 Å². The summed E-state index contributed by atoms with van der Waals surface area (Å²) in [5, 5.41) is 2.39. The molecule has 0 saturated heterocycles. The van der Waals surface area contributed by atoms with Gasteiger partial charge in [-0.3, -0.25) is 4.99 Å². The minimum Gasteiger partial charge on any atom is -0.384 e. The van der Waals surface area contributed by atoms with Crippen LogP contribution in [-0.4, -0.2) is 49.7 Å². The first-order chi connectivity index (χ1) is 20.9. The summed E-state index contributed by atoms with van der Waals surface area (Å²) in [6.45, 7) is 24.5. The van der Waals surface area contributed by atoms with Gasteiger partial charge in [-0.25, -0.2) is 9.98 Å². The average molecular weight is 581 g/mol. The molecule has 0 fully saturated rings. The summed E-state index contributed by atoms with van der Waals surface area (Å²) in [7, 11) is 0. The molecule has 230 valence electrons. The quantitative estimate of drug-likeness (QED) is 0.141. The van der Waals surface area contributed by atoms with Crippen molar-refractivity contribution < 1.29 is 0 Å². The number of anilines is 1. The predicted octanol–water partition coefficient (Wildman–Crippen LogP) is 8.91. The molecule has 2 N–H and O–H groups in total. The smallest absolute Gasteiger partial charge is 0.137 e. The van der Waals surface area contributed by atoms with Gasteiger partial charge in [0.1, 0.15) is 11.6 Å². The van der Waals surface area contributed by atoms with E-state index in [2.05, 4.69) is 96.8 Å². The molecule has 0 radical (unpaired) electrons. The third-order valence-corrected chi connectivity index (χ3v) is 7.91. The Morgan fingerprint density at radius 2 is 1.70 bits per heavy atom. The molecule has 0 unspecified atom stereocenters. The normalized spacial score (nSPS) is 14.3. The molecular weight excluding hydrogens is 528 g/mol. The third-order valence-electron chi connectivity index (χ3n) is 7.91. The minimum absolute atomic E-state index is 0.271. The summed E-state index contributed by atoms with van der Waals surface area (Å²) in [5.74, 6) is 1.12. The van der Waals surface area contributed by atoms with Crippen molar-refractivity contribution in [1.29, 1.82) is 0 Å². The Kier molecular flexibility index (Phi) is 13.5. The molecule has 1 aliphatic rings. The number of allylic oxidation sites excluding steroid dienone is 2. The lowest BCUT2D eigenvalue weighted by Crippen LogP contribution is -2.23. The Morgan fingerprint density at radius 1 is 0.953 bits per heavy atom. The van der Waals surface area contributed by atoms with Crippen LogP contribution in [0.5, 0.6) is 0 Å². The van der Waals surface area contributed by atoms with Crippen LogP contribution in [0.4, 0.5) is 5.69 Å². The van der Waals surface area contributed by atoms with E-state index in [9.17, 15) is 0 Å². The Hall–Kier alpha value is -3.93.